The van der Waals surface area contributed by atoms with Crippen LogP contribution < -0.4 is 0 Å². The second-order valence-electron chi connectivity index (χ2n) is 5.57. The Morgan fingerprint density at radius 1 is 1.28 bits per heavy atom. The fraction of sp³-hybridized carbons (Fsp3) is 0.533. The minimum absolute atomic E-state index is 0.439. The van der Waals surface area contributed by atoms with E-state index in [1.165, 1.54) is 31.2 Å². The number of aryl methyl sites for hydroxylation is 1. The summed E-state index contributed by atoms with van der Waals surface area (Å²) in [5, 5.41) is 1.10. The van der Waals surface area contributed by atoms with Crippen molar-refractivity contribution in [2.24, 2.45) is 5.41 Å². The molecule has 0 N–H and O–H groups in total. The summed E-state index contributed by atoms with van der Waals surface area (Å²) in [6, 6.07) is 8.46. The number of halogens is 1. The summed E-state index contributed by atoms with van der Waals surface area (Å²) in [6.45, 7) is 3.22. The number of fused-ring (bicyclic) bond motifs is 1. The lowest BCUT2D eigenvalue weighted by molar-refractivity contribution is 0.293. The Labute approximate surface area is 117 Å². The van der Waals surface area contributed by atoms with E-state index in [0.717, 1.165) is 23.2 Å². The summed E-state index contributed by atoms with van der Waals surface area (Å²) in [5.41, 5.74) is 2.84. The fourth-order valence-corrected chi connectivity index (χ4v) is 3.93. The second-order valence-corrected chi connectivity index (χ2v) is 6.14. The third-order valence-corrected chi connectivity index (χ3v) is 5.48. The highest BCUT2D eigenvalue weighted by molar-refractivity contribution is 9.09. The molecule has 1 saturated carbocycles. The molecule has 1 aromatic carbocycles. The van der Waals surface area contributed by atoms with Gasteiger partial charge in [0, 0.05) is 11.9 Å². The second kappa shape index (κ2) is 4.69. The molecule has 0 aliphatic heterocycles. The normalized spacial score (nSPS) is 18.6. The molecule has 0 amide bonds. The van der Waals surface area contributed by atoms with Crippen LogP contribution in [-0.4, -0.2) is 14.9 Å². The van der Waals surface area contributed by atoms with Gasteiger partial charge in [0.2, 0.25) is 0 Å². The topological polar surface area (TPSA) is 17.8 Å². The third-order valence-electron chi connectivity index (χ3n) is 4.29. The molecule has 3 rings (SSSR count). The van der Waals surface area contributed by atoms with Gasteiger partial charge in [-0.3, -0.25) is 0 Å². The number of hydrogen-bond acceptors (Lipinski definition) is 1. The summed E-state index contributed by atoms with van der Waals surface area (Å²) in [5.74, 6) is 1.14. The summed E-state index contributed by atoms with van der Waals surface area (Å²) in [4.78, 5) is 4.67. The van der Waals surface area contributed by atoms with Gasteiger partial charge < -0.3 is 4.57 Å². The number of rotatable bonds is 3. The number of benzene rings is 1. The Morgan fingerprint density at radius 3 is 2.72 bits per heavy atom. The fourth-order valence-electron chi connectivity index (χ4n) is 3.19. The van der Waals surface area contributed by atoms with Gasteiger partial charge in [0.25, 0.3) is 0 Å². The predicted molar refractivity (Wildman–Crippen MR) is 79.2 cm³/mol. The summed E-state index contributed by atoms with van der Waals surface area (Å²) < 4.78 is 2.40. The number of alkyl halides is 1. The van der Waals surface area contributed by atoms with Crippen LogP contribution in [0.15, 0.2) is 24.3 Å². The van der Waals surface area contributed by atoms with E-state index < -0.39 is 0 Å². The van der Waals surface area contributed by atoms with Gasteiger partial charge in [0.05, 0.1) is 11.0 Å². The number of nitrogens with zero attached hydrogens (tertiary/aromatic N) is 2. The average Bonchev–Trinajstić information content (AvgIpc) is 2.97. The van der Waals surface area contributed by atoms with Crippen LogP contribution in [0, 0.1) is 12.3 Å². The molecular formula is C15H19BrN2. The molecule has 0 saturated heterocycles. The van der Waals surface area contributed by atoms with Crippen LogP contribution in [0.5, 0.6) is 0 Å². The van der Waals surface area contributed by atoms with Crippen molar-refractivity contribution in [3.05, 3.63) is 30.1 Å². The maximum Gasteiger partial charge on any atom is 0.106 e. The summed E-state index contributed by atoms with van der Waals surface area (Å²) >= 11 is 3.73. The first-order chi connectivity index (χ1) is 8.74. The lowest BCUT2D eigenvalue weighted by Crippen LogP contribution is -2.25. The minimum Gasteiger partial charge on any atom is -0.328 e. The maximum atomic E-state index is 4.67. The molecule has 1 heterocycles. The molecular weight excluding hydrogens is 288 g/mol. The SMILES string of the molecule is Cc1nc2ccccc2n1CC1(CBr)CCCC1. The lowest BCUT2D eigenvalue weighted by Gasteiger charge is -2.28. The van der Waals surface area contributed by atoms with E-state index in [4.69, 9.17) is 0 Å². The molecule has 3 heteroatoms. The quantitative estimate of drug-likeness (QED) is 0.773. The Hall–Kier alpha value is -0.830. The molecule has 1 fully saturated rings. The number of para-hydroxylation sites is 2. The monoisotopic (exact) mass is 306 g/mol. The molecule has 1 aromatic heterocycles. The molecule has 0 spiro atoms. The zero-order valence-corrected chi connectivity index (χ0v) is 12.4. The maximum absolute atomic E-state index is 4.67. The standard InChI is InChI=1S/C15H19BrN2/c1-12-17-13-6-2-3-7-14(13)18(12)11-15(10-16)8-4-5-9-15/h2-3,6-7H,4-5,8-11H2,1H3. The van der Waals surface area contributed by atoms with Crippen LogP contribution in [0.3, 0.4) is 0 Å². The molecule has 2 nitrogen and oxygen atoms in total. The van der Waals surface area contributed by atoms with E-state index in [2.05, 4.69) is 56.7 Å². The Morgan fingerprint density at radius 2 is 2.00 bits per heavy atom. The summed E-state index contributed by atoms with van der Waals surface area (Å²) in [6.07, 6.45) is 5.42. The van der Waals surface area contributed by atoms with E-state index in [1.807, 2.05) is 0 Å². The molecule has 1 aliphatic rings. The third kappa shape index (κ3) is 1.99. The van der Waals surface area contributed by atoms with Crippen molar-refractivity contribution >= 4 is 27.0 Å². The van der Waals surface area contributed by atoms with Gasteiger partial charge in [0.1, 0.15) is 5.82 Å². The van der Waals surface area contributed by atoms with Gasteiger partial charge >= 0.3 is 0 Å². The number of imidazole rings is 1. The first-order valence-electron chi connectivity index (χ1n) is 6.72. The van der Waals surface area contributed by atoms with Crippen LogP contribution >= 0.6 is 15.9 Å². The predicted octanol–water partition coefficient (Wildman–Crippen LogP) is 4.30. The van der Waals surface area contributed by atoms with E-state index in [0.29, 0.717) is 5.41 Å². The molecule has 0 atom stereocenters. The van der Waals surface area contributed by atoms with Gasteiger partial charge in [-0.1, -0.05) is 40.9 Å². The zero-order chi connectivity index (χ0) is 12.6. The number of aromatic nitrogens is 2. The van der Waals surface area contributed by atoms with Gasteiger partial charge in [-0.15, -0.1) is 0 Å². The van der Waals surface area contributed by atoms with Crippen LogP contribution in [-0.2, 0) is 6.54 Å². The van der Waals surface area contributed by atoms with Crippen molar-refractivity contribution in [3.8, 4) is 0 Å². The van der Waals surface area contributed by atoms with E-state index in [-0.39, 0.29) is 0 Å². The lowest BCUT2D eigenvalue weighted by atomic mass is 9.88. The molecule has 1 aliphatic carbocycles. The smallest absolute Gasteiger partial charge is 0.106 e. The molecule has 0 radical (unpaired) electrons. The molecule has 2 aromatic rings. The Bertz CT molecular complexity index is 553. The number of hydrogen-bond donors (Lipinski definition) is 0. The van der Waals surface area contributed by atoms with Crippen molar-refractivity contribution in [1.82, 2.24) is 9.55 Å². The highest BCUT2D eigenvalue weighted by Crippen LogP contribution is 2.41. The van der Waals surface area contributed by atoms with E-state index in [1.54, 1.807) is 0 Å². The van der Waals surface area contributed by atoms with Gasteiger partial charge in [0.15, 0.2) is 0 Å². The van der Waals surface area contributed by atoms with Crippen molar-refractivity contribution in [3.63, 3.8) is 0 Å². The molecule has 0 bridgehead atoms. The van der Waals surface area contributed by atoms with Crippen molar-refractivity contribution < 1.29 is 0 Å². The zero-order valence-electron chi connectivity index (χ0n) is 10.8. The minimum atomic E-state index is 0.439. The molecule has 18 heavy (non-hydrogen) atoms. The molecule has 96 valence electrons. The first-order valence-corrected chi connectivity index (χ1v) is 7.84. The van der Waals surface area contributed by atoms with E-state index >= 15 is 0 Å². The van der Waals surface area contributed by atoms with Crippen LogP contribution in [0.25, 0.3) is 11.0 Å². The first kappa shape index (κ1) is 12.2. The molecule has 0 unspecified atom stereocenters. The van der Waals surface area contributed by atoms with Gasteiger partial charge in [-0.25, -0.2) is 4.98 Å². The van der Waals surface area contributed by atoms with Gasteiger partial charge in [-0.05, 0) is 37.3 Å². The van der Waals surface area contributed by atoms with Gasteiger partial charge in [-0.2, -0.15) is 0 Å². The Kier molecular flexibility index (Phi) is 3.18. The average molecular weight is 307 g/mol. The Balaban J connectivity index is 2.01. The van der Waals surface area contributed by atoms with Crippen LogP contribution in [0.2, 0.25) is 0 Å². The van der Waals surface area contributed by atoms with Crippen molar-refractivity contribution in [1.29, 1.82) is 0 Å². The van der Waals surface area contributed by atoms with Crippen LogP contribution in [0.4, 0.5) is 0 Å². The largest absolute Gasteiger partial charge is 0.328 e. The highest BCUT2D eigenvalue weighted by Gasteiger charge is 2.33. The van der Waals surface area contributed by atoms with E-state index in [9.17, 15) is 0 Å². The summed E-state index contributed by atoms with van der Waals surface area (Å²) in [7, 11) is 0. The van der Waals surface area contributed by atoms with Crippen LogP contribution in [0.1, 0.15) is 31.5 Å². The van der Waals surface area contributed by atoms with Crippen molar-refractivity contribution in [2.45, 2.75) is 39.2 Å². The van der Waals surface area contributed by atoms with Crippen molar-refractivity contribution in [2.75, 3.05) is 5.33 Å². The highest BCUT2D eigenvalue weighted by atomic mass is 79.9.